The highest BCUT2D eigenvalue weighted by Gasteiger charge is 2.12. The van der Waals surface area contributed by atoms with Crippen molar-refractivity contribution in [2.45, 2.75) is 19.8 Å². The van der Waals surface area contributed by atoms with Crippen LogP contribution in [0.15, 0.2) is 37.0 Å². The van der Waals surface area contributed by atoms with E-state index in [0.29, 0.717) is 5.92 Å². The topological polar surface area (TPSA) is 27.8 Å². The second kappa shape index (κ2) is 3.81. The summed E-state index contributed by atoms with van der Waals surface area (Å²) in [5.74, 6) is 1.55. The first-order valence-electron chi connectivity index (χ1n) is 5.22. The molecule has 15 heavy (non-hydrogen) atoms. The molecule has 0 radical (unpaired) electrons. The molecule has 0 unspecified atom stereocenters. The van der Waals surface area contributed by atoms with Gasteiger partial charge in [0.1, 0.15) is 5.82 Å². The number of anilines is 1. The molecule has 1 aromatic heterocycles. The fourth-order valence-electron chi connectivity index (χ4n) is 1.98. The normalized spacial score (nSPS) is 10.9. The maximum atomic E-state index is 3.70. The van der Waals surface area contributed by atoms with Crippen LogP contribution in [0.3, 0.4) is 0 Å². The summed E-state index contributed by atoms with van der Waals surface area (Å²) >= 11 is 0. The van der Waals surface area contributed by atoms with E-state index in [1.807, 2.05) is 6.07 Å². The van der Waals surface area contributed by atoms with Crippen LogP contribution in [0.4, 0.5) is 5.82 Å². The van der Waals surface area contributed by atoms with Crippen molar-refractivity contribution in [1.29, 1.82) is 0 Å². The lowest BCUT2D eigenvalue weighted by Gasteiger charge is -2.07. The average Bonchev–Trinajstić information content (AvgIpc) is 2.56. The second-order valence-electron chi connectivity index (χ2n) is 3.96. The van der Waals surface area contributed by atoms with E-state index in [2.05, 4.69) is 48.9 Å². The summed E-state index contributed by atoms with van der Waals surface area (Å²) in [6, 6.07) is 8.35. The molecule has 0 saturated heterocycles. The third-order valence-electron chi connectivity index (χ3n) is 2.57. The molecule has 2 N–H and O–H groups in total. The molecule has 0 aliphatic rings. The highest BCUT2D eigenvalue weighted by molar-refractivity contribution is 5.89. The first kappa shape index (κ1) is 9.84. The number of aromatic nitrogens is 1. The first-order chi connectivity index (χ1) is 7.24. The van der Waals surface area contributed by atoms with Crippen molar-refractivity contribution in [3.05, 3.63) is 42.6 Å². The van der Waals surface area contributed by atoms with Crippen molar-refractivity contribution in [2.24, 2.45) is 0 Å². The predicted molar refractivity (Wildman–Crippen MR) is 66.2 cm³/mol. The fourth-order valence-corrected chi connectivity index (χ4v) is 1.98. The van der Waals surface area contributed by atoms with Crippen molar-refractivity contribution < 1.29 is 0 Å². The minimum atomic E-state index is 0.489. The number of H-pyrrole nitrogens is 1. The number of fused-ring (bicyclic) bond motifs is 1. The second-order valence-corrected chi connectivity index (χ2v) is 3.96. The molecular formula is C13H16N2. The average molecular weight is 200 g/mol. The van der Waals surface area contributed by atoms with Gasteiger partial charge in [0.2, 0.25) is 0 Å². The number of benzene rings is 1. The van der Waals surface area contributed by atoms with Gasteiger partial charge in [-0.3, -0.25) is 0 Å². The van der Waals surface area contributed by atoms with Crippen molar-refractivity contribution in [3.8, 4) is 0 Å². The Morgan fingerprint density at radius 3 is 2.73 bits per heavy atom. The van der Waals surface area contributed by atoms with E-state index < -0.39 is 0 Å². The Morgan fingerprint density at radius 1 is 1.33 bits per heavy atom. The first-order valence-corrected chi connectivity index (χ1v) is 5.22. The largest absolute Gasteiger partial charge is 0.349 e. The summed E-state index contributed by atoms with van der Waals surface area (Å²) in [5.41, 5.74) is 2.50. The molecule has 0 amide bonds. The molecule has 0 bridgehead atoms. The van der Waals surface area contributed by atoms with Crippen LogP contribution in [0.25, 0.3) is 10.9 Å². The summed E-state index contributed by atoms with van der Waals surface area (Å²) in [5, 5.41) is 4.44. The van der Waals surface area contributed by atoms with Gasteiger partial charge in [-0.1, -0.05) is 38.6 Å². The zero-order chi connectivity index (χ0) is 10.8. The molecule has 0 aliphatic heterocycles. The van der Waals surface area contributed by atoms with Crippen LogP contribution >= 0.6 is 0 Å². The van der Waals surface area contributed by atoms with E-state index in [1.54, 1.807) is 6.20 Å². The fraction of sp³-hybridized carbons (Fsp3) is 0.231. The number of rotatable bonds is 3. The van der Waals surface area contributed by atoms with Crippen molar-refractivity contribution >= 4 is 16.7 Å². The lowest BCUT2D eigenvalue weighted by atomic mass is 10.0. The smallest absolute Gasteiger partial charge is 0.111 e. The van der Waals surface area contributed by atoms with E-state index in [0.717, 1.165) is 5.82 Å². The molecule has 2 nitrogen and oxygen atoms in total. The number of nitrogens with one attached hydrogen (secondary N) is 2. The molecule has 1 heterocycles. The molecule has 0 fully saturated rings. The van der Waals surface area contributed by atoms with Crippen LogP contribution in [0.5, 0.6) is 0 Å². The van der Waals surface area contributed by atoms with Gasteiger partial charge >= 0.3 is 0 Å². The van der Waals surface area contributed by atoms with Crippen molar-refractivity contribution in [1.82, 2.24) is 4.98 Å². The van der Waals surface area contributed by atoms with E-state index in [4.69, 9.17) is 0 Å². The third-order valence-corrected chi connectivity index (χ3v) is 2.57. The molecule has 0 saturated carbocycles. The highest BCUT2D eigenvalue weighted by Crippen LogP contribution is 2.32. The zero-order valence-electron chi connectivity index (χ0n) is 9.17. The Kier molecular flexibility index (Phi) is 2.50. The lowest BCUT2D eigenvalue weighted by Crippen LogP contribution is -1.93. The van der Waals surface area contributed by atoms with Crippen LogP contribution < -0.4 is 5.32 Å². The van der Waals surface area contributed by atoms with E-state index in [9.17, 15) is 0 Å². The van der Waals surface area contributed by atoms with Crippen molar-refractivity contribution in [2.75, 3.05) is 5.32 Å². The van der Waals surface area contributed by atoms with E-state index in [1.165, 1.54) is 16.5 Å². The predicted octanol–water partition coefficient (Wildman–Crippen LogP) is 3.85. The van der Waals surface area contributed by atoms with Gasteiger partial charge in [0.05, 0.1) is 0 Å². The third kappa shape index (κ3) is 1.63. The van der Waals surface area contributed by atoms with Gasteiger partial charge in [0.15, 0.2) is 0 Å². The van der Waals surface area contributed by atoms with Crippen LogP contribution in [0.1, 0.15) is 25.3 Å². The summed E-state index contributed by atoms with van der Waals surface area (Å²) in [4.78, 5) is 3.36. The van der Waals surface area contributed by atoms with Crippen molar-refractivity contribution in [3.63, 3.8) is 0 Å². The van der Waals surface area contributed by atoms with Gasteiger partial charge in [0.25, 0.3) is 0 Å². The van der Waals surface area contributed by atoms with Gasteiger partial charge in [-0.25, -0.2) is 0 Å². The molecule has 78 valence electrons. The van der Waals surface area contributed by atoms with Crippen LogP contribution in [0.2, 0.25) is 0 Å². The SMILES string of the molecule is C=CNc1[nH]c2ccccc2c1C(C)C. The number of hydrogen-bond donors (Lipinski definition) is 2. The van der Waals surface area contributed by atoms with E-state index >= 15 is 0 Å². The summed E-state index contributed by atoms with van der Waals surface area (Å²) in [6.07, 6.45) is 1.70. The molecule has 0 atom stereocenters. The Labute approximate surface area is 90.0 Å². The minimum absolute atomic E-state index is 0.489. The van der Waals surface area contributed by atoms with E-state index in [-0.39, 0.29) is 0 Å². The Bertz CT molecular complexity index is 480. The molecule has 0 aliphatic carbocycles. The molecular weight excluding hydrogens is 184 g/mol. The molecule has 2 rings (SSSR count). The molecule has 0 spiro atoms. The summed E-state index contributed by atoms with van der Waals surface area (Å²) in [6.45, 7) is 8.09. The Hall–Kier alpha value is -1.70. The Balaban J connectivity index is 2.68. The van der Waals surface area contributed by atoms with Gasteiger partial charge in [-0.2, -0.15) is 0 Å². The van der Waals surface area contributed by atoms with Gasteiger partial charge in [-0.05, 0) is 18.2 Å². The van der Waals surface area contributed by atoms with Gasteiger partial charge < -0.3 is 10.3 Å². The Morgan fingerprint density at radius 2 is 2.07 bits per heavy atom. The maximum absolute atomic E-state index is 3.70. The lowest BCUT2D eigenvalue weighted by molar-refractivity contribution is 0.878. The molecule has 2 heteroatoms. The quantitative estimate of drug-likeness (QED) is 0.774. The monoisotopic (exact) mass is 200 g/mol. The molecule has 1 aromatic carbocycles. The van der Waals surface area contributed by atoms with Crippen LogP contribution in [-0.4, -0.2) is 4.98 Å². The number of aromatic amines is 1. The summed E-state index contributed by atoms with van der Waals surface area (Å²) < 4.78 is 0. The molecule has 2 aromatic rings. The number of hydrogen-bond acceptors (Lipinski definition) is 1. The zero-order valence-corrected chi connectivity index (χ0v) is 9.17. The van der Waals surface area contributed by atoms with Crippen LogP contribution in [0, 0.1) is 0 Å². The minimum Gasteiger partial charge on any atom is -0.349 e. The summed E-state index contributed by atoms with van der Waals surface area (Å²) in [7, 11) is 0. The van der Waals surface area contributed by atoms with Gasteiger partial charge in [0, 0.05) is 16.5 Å². The van der Waals surface area contributed by atoms with Gasteiger partial charge in [-0.15, -0.1) is 0 Å². The number of para-hydroxylation sites is 1. The van der Waals surface area contributed by atoms with Crippen LogP contribution in [-0.2, 0) is 0 Å². The maximum Gasteiger partial charge on any atom is 0.111 e. The standard InChI is InChI=1S/C13H16N2/c1-4-14-13-12(9(2)3)10-7-5-6-8-11(10)15-13/h4-9,14-15H,1H2,2-3H3. The highest BCUT2D eigenvalue weighted by atomic mass is 15.0.